The molecule has 7 nitrogen and oxygen atoms in total. The fourth-order valence-electron chi connectivity index (χ4n) is 1.89. The van der Waals surface area contributed by atoms with E-state index in [1.54, 1.807) is 6.07 Å². The molecule has 0 radical (unpaired) electrons. The first-order valence-electron chi connectivity index (χ1n) is 6.54. The molecule has 0 bridgehead atoms. The fraction of sp³-hybridized carbons (Fsp3) is 0.357. The molecule has 1 aliphatic rings. The third-order valence-electron chi connectivity index (χ3n) is 3.19. The van der Waals surface area contributed by atoms with Crippen LogP contribution in [0.4, 0.5) is 0 Å². The van der Waals surface area contributed by atoms with Crippen LogP contribution in [0.15, 0.2) is 22.7 Å². The van der Waals surface area contributed by atoms with Gasteiger partial charge < -0.3 is 19.1 Å². The molecule has 3 rings (SSSR count). The van der Waals surface area contributed by atoms with Crippen LogP contribution in [0.2, 0.25) is 0 Å². The summed E-state index contributed by atoms with van der Waals surface area (Å²) < 4.78 is 15.7. The lowest BCUT2D eigenvalue weighted by Gasteiger charge is -2.09. The lowest BCUT2D eigenvalue weighted by molar-refractivity contribution is 0.0691. The van der Waals surface area contributed by atoms with Gasteiger partial charge in [0, 0.05) is 12.0 Å². The smallest absolute Gasteiger partial charge is 0.339 e. The Morgan fingerprint density at radius 1 is 1.48 bits per heavy atom. The summed E-state index contributed by atoms with van der Waals surface area (Å²) >= 11 is 0. The van der Waals surface area contributed by atoms with E-state index in [0.717, 1.165) is 12.8 Å². The summed E-state index contributed by atoms with van der Waals surface area (Å²) in [6.45, 7) is 0.0453. The van der Waals surface area contributed by atoms with Crippen molar-refractivity contribution >= 4 is 5.97 Å². The number of carbonyl (C=O) groups is 1. The molecule has 0 amide bonds. The molecule has 7 heteroatoms. The zero-order valence-electron chi connectivity index (χ0n) is 11.4. The molecule has 0 aliphatic heterocycles. The topological polar surface area (TPSA) is 94.7 Å². The number of methoxy groups -OCH3 is 1. The Hall–Kier alpha value is -2.57. The number of benzene rings is 1. The second kappa shape index (κ2) is 5.43. The molecule has 0 unspecified atom stereocenters. The number of carboxylic acid groups (broad SMARTS) is 1. The first kappa shape index (κ1) is 13.4. The van der Waals surface area contributed by atoms with Crippen LogP contribution in [-0.2, 0) is 6.61 Å². The van der Waals surface area contributed by atoms with Gasteiger partial charge in [-0.3, -0.25) is 0 Å². The van der Waals surface area contributed by atoms with Crippen LogP contribution in [0.3, 0.4) is 0 Å². The molecular formula is C14H14N2O5. The number of hydrogen-bond acceptors (Lipinski definition) is 6. The highest BCUT2D eigenvalue weighted by molar-refractivity contribution is 5.91. The summed E-state index contributed by atoms with van der Waals surface area (Å²) in [6, 6.07) is 4.52. The van der Waals surface area contributed by atoms with Crippen LogP contribution in [0.5, 0.6) is 11.5 Å². The summed E-state index contributed by atoms with van der Waals surface area (Å²) in [6.07, 6.45) is 2.14. The third-order valence-corrected chi connectivity index (χ3v) is 3.19. The van der Waals surface area contributed by atoms with Crippen LogP contribution in [0, 0.1) is 0 Å². The normalized spacial score (nSPS) is 14.0. The van der Waals surface area contributed by atoms with E-state index in [0.29, 0.717) is 23.4 Å². The average molecular weight is 290 g/mol. The van der Waals surface area contributed by atoms with Gasteiger partial charge >= 0.3 is 5.97 Å². The Labute approximate surface area is 120 Å². The highest BCUT2D eigenvalue weighted by Gasteiger charge is 2.29. The Morgan fingerprint density at radius 2 is 2.29 bits per heavy atom. The summed E-state index contributed by atoms with van der Waals surface area (Å²) in [7, 11) is 1.50. The number of nitrogens with zero attached hydrogens (tertiary/aromatic N) is 2. The lowest BCUT2D eigenvalue weighted by Crippen LogP contribution is -2.04. The van der Waals surface area contributed by atoms with Gasteiger partial charge in [0.25, 0.3) is 0 Å². The van der Waals surface area contributed by atoms with E-state index in [9.17, 15) is 4.79 Å². The van der Waals surface area contributed by atoms with E-state index in [2.05, 4.69) is 10.1 Å². The molecule has 1 fully saturated rings. The van der Waals surface area contributed by atoms with E-state index in [1.165, 1.54) is 19.2 Å². The number of carboxylic acids is 1. The zero-order valence-corrected chi connectivity index (χ0v) is 11.4. The zero-order chi connectivity index (χ0) is 14.8. The van der Waals surface area contributed by atoms with Crippen LogP contribution in [0.25, 0.3) is 0 Å². The molecule has 1 aromatic carbocycles. The molecule has 1 aromatic heterocycles. The predicted octanol–water partition coefficient (Wildman–Crippen LogP) is 2.23. The number of ether oxygens (including phenoxy) is 2. The van der Waals surface area contributed by atoms with Crippen molar-refractivity contribution in [3.63, 3.8) is 0 Å². The molecule has 0 atom stereocenters. The molecule has 1 heterocycles. The molecule has 0 spiro atoms. The first-order chi connectivity index (χ1) is 10.2. The van der Waals surface area contributed by atoms with Crippen LogP contribution in [0.1, 0.15) is 40.8 Å². The SMILES string of the molecule is COc1ccc(C(=O)O)c(OCc2noc(C3CC3)n2)c1. The van der Waals surface area contributed by atoms with Gasteiger partial charge in [0.2, 0.25) is 11.7 Å². The molecule has 110 valence electrons. The minimum absolute atomic E-state index is 0.0453. The minimum atomic E-state index is -1.07. The standard InChI is InChI=1S/C14H14N2O5/c1-19-9-4-5-10(14(17)18)11(6-9)20-7-12-15-13(21-16-12)8-2-3-8/h4-6,8H,2-3,7H2,1H3,(H,17,18). The van der Waals surface area contributed by atoms with Crippen molar-refractivity contribution in [3.8, 4) is 11.5 Å². The summed E-state index contributed by atoms with van der Waals surface area (Å²) in [5.41, 5.74) is 0.0571. The molecule has 1 aliphatic carbocycles. The van der Waals surface area contributed by atoms with Crippen LogP contribution >= 0.6 is 0 Å². The Morgan fingerprint density at radius 3 is 2.95 bits per heavy atom. The van der Waals surface area contributed by atoms with E-state index >= 15 is 0 Å². The lowest BCUT2D eigenvalue weighted by atomic mass is 10.2. The van der Waals surface area contributed by atoms with Gasteiger partial charge in [0.05, 0.1) is 7.11 Å². The summed E-state index contributed by atoms with van der Waals surface area (Å²) in [5.74, 6) is 1.05. The Kier molecular flexibility index (Phi) is 3.47. The minimum Gasteiger partial charge on any atom is -0.497 e. The maximum absolute atomic E-state index is 11.2. The highest BCUT2D eigenvalue weighted by Crippen LogP contribution is 2.38. The Bertz CT molecular complexity index is 663. The van der Waals surface area contributed by atoms with E-state index in [1.807, 2.05) is 0 Å². The van der Waals surface area contributed by atoms with Crippen molar-refractivity contribution in [2.45, 2.75) is 25.4 Å². The second-order valence-electron chi connectivity index (χ2n) is 4.78. The summed E-state index contributed by atoms with van der Waals surface area (Å²) in [5, 5.41) is 13.0. The fourth-order valence-corrected chi connectivity index (χ4v) is 1.89. The summed E-state index contributed by atoms with van der Waals surface area (Å²) in [4.78, 5) is 15.4. The third kappa shape index (κ3) is 2.96. The van der Waals surface area contributed by atoms with E-state index < -0.39 is 5.97 Å². The molecule has 1 N–H and O–H groups in total. The highest BCUT2D eigenvalue weighted by atomic mass is 16.5. The van der Waals surface area contributed by atoms with Crippen molar-refractivity contribution in [3.05, 3.63) is 35.5 Å². The maximum atomic E-state index is 11.2. The average Bonchev–Trinajstić information content (AvgIpc) is 3.23. The molecular weight excluding hydrogens is 276 g/mol. The van der Waals surface area contributed by atoms with E-state index in [-0.39, 0.29) is 17.9 Å². The maximum Gasteiger partial charge on any atom is 0.339 e. The van der Waals surface area contributed by atoms with E-state index in [4.69, 9.17) is 19.1 Å². The van der Waals surface area contributed by atoms with Crippen molar-refractivity contribution in [2.24, 2.45) is 0 Å². The van der Waals surface area contributed by atoms with Crippen molar-refractivity contribution in [1.82, 2.24) is 10.1 Å². The number of aromatic nitrogens is 2. The van der Waals surface area contributed by atoms with Gasteiger partial charge in [-0.15, -0.1) is 0 Å². The Balaban J connectivity index is 1.74. The number of rotatable bonds is 6. The van der Waals surface area contributed by atoms with Crippen molar-refractivity contribution in [1.29, 1.82) is 0 Å². The molecule has 1 saturated carbocycles. The predicted molar refractivity (Wildman–Crippen MR) is 70.6 cm³/mol. The first-order valence-corrected chi connectivity index (χ1v) is 6.54. The molecule has 21 heavy (non-hydrogen) atoms. The monoisotopic (exact) mass is 290 g/mol. The molecule has 0 saturated heterocycles. The van der Waals surface area contributed by atoms with Crippen LogP contribution < -0.4 is 9.47 Å². The number of hydrogen-bond donors (Lipinski definition) is 1. The van der Waals surface area contributed by atoms with Gasteiger partial charge in [0.15, 0.2) is 6.61 Å². The quantitative estimate of drug-likeness (QED) is 0.871. The van der Waals surface area contributed by atoms with Crippen molar-refractivity contribution < 1.29 is 23.9 Å². The number of aromatic carboxylic acids is 1. The van der Waals surface area contributed by atoms with Gasteiger partial charge in [-0.2, -0.15) is 4.98 Å². The second-order valence-corrected chi connectivity index (χ2v) is 4.78. The largest absolute Gasteiger partial charge is 0.497 e. The van der Waals surface area contributed by atoms with Gasteiger partial charge in [-0.05, 0) is 25.0 Å². The van der Waals surface area contributed by atoms with Gasteiger partial charge in [-0.25, -0.2) is 4.79 Å². The van der Waals surface area contributed by atoms with Crippen LogP contribution in [-0.4, -0.2) is 28.3 Å². The van der Waals surface area contributed by atoms with Gasteiger partial charge in [0.1, 0.15) is 17.1 Å². The van der Waals surface area contributed by atoms with Gasteiger partial charge in [-0.1, -0.05) is 5.16 Å². The van der Waals surface area contributed by atoms with Crippen molar-refractivity contribution in [2.75, 3.05) is 7.11 Å². The molecule has 2 aromatic rings.